The van der Waals surface area contributed by atoms with Crippen molar-refractivity contribution in [3.8, 4) is 5.75 Å². The van der Waals surface area contributed by atoms with Gasteiger partial charge < -0.3 is 32.1 Å². The van der Waals surface area contributed by atoms with Gasteiger partial charge in [0.1, 0.15) is 17.8 Å². The van der Waals surface area contributed by atoms with Crippen LogP contribution in [-0.4, -0.2) is 58.3 Å². The van der Waals surface area contributed by atoms with Crippen LogP contribution in [0.15, 0.2) is 78.9 Å². The molecule has 3 aromatic carbocycles. The lowest BCUT2D eigenvalue weighted by molar-refractivity contribution is -0.140. The lowest BCUT2D eigenvalue weighted by atomic mass is 10.0. The van der Waals surface area contributed by atoms with Gasteiger partial charge in [0.15, 0.2) is 0 Å². The van der Waals surface area contributed by atoms with Crippen LogP contribution in [-0.2, 0) is 45.0 Å². The Hall–Kier alpha value is -4.70. The van der Waals surface area contributed by atoms with E-state index in [1.165, 1.54) is 17.0 Å². The minimum absolute atomic E-state index is 0.107. The third kappa shape index (κ3) is 7.45. The first-order valence-electron chi connectivity index (χ1n) is 13.0. The molecule has 1 aliphatic heterocycles. The molecule has 1 heterocycles. The van der Waals surface area contributed by atoms with E-state index in [2.05, 4.69) is 10.6 Å². The van der Waals surface area contributed by atoms with Crippen molar-refractivity contribution in [2.45, 2.75) is 43.9 Å². The Morgan fingerprint density at radius 3 is 2.20 bits per heavy atom. The third-order valence-corrected chi connectivity index (χ3v) is 6.85. The Balaban J connectivity index is 1.46. The van der Waals surface area contributed by atoms with Gasteiger partial charge in [-0.15, -0.1) is 0 Å². The predicted octanol–water partition coefficient (Wildman–Crippen LogP) is 0.545. The minimum Gasteiger partial charge on any atom is -0.508 e. The number of rotatable bonds is 10. The van der Waals surface area contributed by atoms with E-state index < -0.39 is 41.8 Å². The molecule has 10 heteroatoms. The molecule has 208 valence electrons. The van der Waals surface area contributed by atoms with E-state index >= 15 is 0 Å². The van der Waals surface area contributed by atoms with Crippen LogP contribution in [0.1, 0.15) is 22.3 Å². The Morgan fingerprint density at radius 2 is 1.52 bits per heavy atom. The van der Waals surface area contributed by atoms with Gasteiger partial charge >= 0.3 is 0 Å². The second-order valence-corrected chi connectivity index (χ2v) is 9.92. The molecule has 1 aliphatic rings. The summed E-state index contributed by atoms with van der Waals surface area (Å²) in [6, 6.07) is 20.2. The number of carbonyl (C=O) groups is 4. The van der Waals surface area contributed by atoms with Gasteiger partial charge in [0.2, 0.25) is 23.6 Å². The molecule has 10 nitrogen and oxygen atoms in total. The topological polar surface area (TPSA) is 168 Å². The highest BCUT2D eigenvalue weighted by Crippen LogP contribution is 2.20. The molecular formula is C30H33N5O5. The van der Waals surface area contributed by atoms with Crippen molar-refractivity contribution >= 4 is 23.6 Å². The molecule has 0 aromatic heterocycles. The summed E-state index contributed by atoms with van der Waals surface area (Å²) < 4.78 is 0. The van der Waals surface area contributed by atoms with Gasteiger partial charge in [-0.25, -0.2) is 0 Å². The highest BCUT2D eigenvalue weighted by atomic mass is 16.3. The number of aromatic hydroxyl groups is 1. The molecule has 4 amide bonds. The number of fused-ring (bicyclic) bond motifs is 1. The zero-order valence-electron chi connectivity index (χ0n) is 22.0. The van der Waals surface area contributed by atoms with Gasteiger partial charge in [0.05, 0.1) is 12.6 Å². The average molecular weight is 544 g/mol. The number of nitrogens with two attached hydrogens (primary N) is 2. The number of amides is 4. The van der Waals surface area contributed by atoms with E-state index in [-0.39, 0.29) is 38.1 Å². The number of hydrogen-bond donors (Lipinski definition) is 5. The largest absolute Gasteiger partial charge is 0.508 e. The highest BCUT2D eigenvalue weighted by Gasteiger charge is 2.33. The Kier molecular flexibility index (Phi) is 9.13. The Labute approximate surface area is 232 Å². The fourth-order valence-corrected chi connectivity index (χ4v) is 4.71. The Morgan fingerprint density at radius 1 is 0.900 bits per heavy atom. The number of phenolic OH excluding ortho intramolecular Hbond substituents is 1. The van der Waals surface area contributed by atoms with Crippen molar-refractivity contribution in [2.24, 2.45) is 11.5 Å². The maximum atomic E-state index is 13.6. The first kappa shape index (κ1) is 28.3. The summed E-state index contributed by atoms with van der Waals surface area (Å²) in [6.45, 7) is -0.161. The minimum atomic E-state index is -0.947. The number of primary amides is 1. The first-order valence-corrected chi connectivity index (χ1v) is 13.0. The van der Waals surface area contributed by atoms with Gasteiger partial charge in [-0.05, 0) is 40.8 Å². The van der Waals surface area contributed by atoms with Crippen molar-refractivity contribution in [1.29, 1.82) is 0 Å². The SMILES string of the molecule is NC(=O)[C@H](Cc1ccccc1)NC(=O)CN1Cc2ccccc2C[C@H](NC(=O)[C@@H](N)Cc2ccc(O)cc2)C1=O. The van der Waals surface area contributed by atoms with Gasteiger partial charge in [0.25, 0.3) is 0 Å². The number of phenols is 1. The lowest BCUT2D eigenvalue weighted by Crippen LogP contribution is -2.55. The summed E-state index contributed by atoms with van der Waals surface area (Å²) in [5, 5.41) is 14.9. The van der Waals surface area contributed by atoms with Gasteiger partial charge in [-0.2, -0.15) is 0 Å². The van der Waals surface area contributed by atoms with Crippen molar-refractivity contribution in [3.05, 3.63) is 101 Å². The zero-order valence-corrected chi connectivity index (χ0v) is 22.0. The van der Waals surface area contributed by atoms with Gasteiger partial charge in [0, 0.05) is 19.4 Å². The summed E-state index contributed by atoms with van der Waals surface area (Å²) >= 11 is 0. The zero-order chi connectivity index (χ0) is 28.6. The fraction of sp³-hybridized carbons (Fsp3) is 0.267. The molecule has 0 bridgehead atoms. The molecule has 0 fully saturated rings. The molecule has 0 saturated heterocycles. The molecule has 3 atom stereocenters. The Bertz CT molecular complexity index is 1360. The quantitative estimate of drug-likeness (QED) is 0.250. The van der Waals surface area contributed by atoms with E-state index in [0.717, 1.165) is 22.3 Å². The highest BCUT2D eigenvalue weighted by molar-refractivity contribution is 5.93. The van der Waals surface area contributed by atoms with E-state index in [4.69, 9.17) is 11.5 Å². The van der Waals surface area contributed by atoms with Crippen LogP contribution in [0.25, 0.3) is 0 Å². The number of benzene rings is 3. The van der Waals surface area contributed by atoms with E-state index in [0.29, 0.717) is 0 Å². The van der Waals surface area contributed by atoms with Crippen molar-refractivity contribution in [3.63, 3.8) is 0 Å². The summed E-state index contributed by atoms with van der Waals surface area (Å²) in [7, 11) is 0. The number of carbonyl (C=O) groups excluding carboxylic acids is 4. The maximum absolute atomic E-state index is 13.6. The normalized spacial score (nSPS) is 16.3. The molecule has 40 heavy (non-hydrogen) atoms. The molecule has 0 aliphatic carbocycles. The van der Waals surface area contributed by atoms with Crippen LogP contribution in [0.4, 0.5) is 0 Å². The van der Waals surface area contributed by atoms with E-state index in [1.807, 2.05) is 54.6 Å². The maximum Gasteiger partial charge on any atom is 0.246 e. The summed E-state index contributed by atoms with van der Waals surface area (Å²) in [5.41, 5.74) is 15.0. The molecule has 0 radical (unpaired) electrons. The average Bonchev–Trinajstić information content (AvgIpc) is 3.06. The monoisotopic (exact) mass is 543 g/mol. The van der Waals surface area contributed by atoms with Gasteiger partial charge in [-0.3, -0.25) is 19.2 Å². The van der Waals surface area contributed by atoms with Crippen LogP contribution in [0.2, 0.25) is 0 Å². The number of nitrogens with zero attached hydrogens (tertiary/aromatic N) is 1. The number of hydrogen-bond acceptors (Lipinski definition) is 6. The molecule has 4 rings (SSSR count). The third-order valence-electron chi connectivity index (χ3n) is 6.85. The summed E-state index contributed by atoms with van der Waals surface area (Å²) in [5.74, 6) is -2.06. The standard InChI is InChI=1S/C30H33N5O5/c31-24(14-20-10-12-23(36)13-11-20)29(39)34-26-16-21-8-4-5-9-22(21)17-35(30(26)40)18-27(37)33-25(28(32)38)15-19-6-2-1-3-7-19/h1-13,24-26,36H,14-18,31H2,(H2,32,38)(H,33,37)(H,34,39)/t24-,25-,26-/m0/s1. The molecular weight excluding hydrogens is 510 g/mol. The smallest absolute Gasteiger partial charge is 0.246 e. The van der Waals surface area contributed by atoms with Crippen molar-refractivity contribution < 1.29 is 24.3 Å². The van der Waals surface area contributed by atoms with Crippen LogP contribution < -0.4 is 22.1 Å². The molecule has 3 aromatic rings. The summed E-state index contributed by atoms with van der Waals surface area (Å²) in [6.07, 6.45) is 0.671. The summed E-state index contributed by atoms with van der Waals surface area (Å²) in [4.78, 5) is 53.0. The molecule has 0 spiro atoms. The van der Waals surface area contributed by atoms with E-state index in [1.54, 1.807) is 12.1 Å². The second-order valence-electron chi connectivity index (χ2n) is 9.92. The van der Waals surface area contributed by atoms with Crippen LogP contribution >= 0.6 is 0 Å². The van der Waals surface area contributed by atoms with Crippen molar-refractivity contribution in [2.75, 3.05) is 6.54 Å². The number of nitrogens with one attached hydrogen (secondary N) is 2. The fourth-order valence-electron chi connectivity index (χ4n) is 4.71. The molecule has 0 saturated carbocycles. The van der Waals surface area contributed by atoms with Crippen LogP contribution in [0.3, 0.4) is 0 Å². The molecule has 0 unspecified atom stereocenters. The first-order chi connectivity index (χ1) is 19.2. The van der Waals surface area contributed by atoms with Crippen LogP contribution in [0, 0.1) is 0 Å². The lowest BCUT2D eigenvalue weighted by Gasteiger charge is -2.26. The van der Waals surface area contributed by atoms with E-state index in [9.17, 15) is 24.3 Å². The van der Waals surface area contributed by atoms with Crippen LogP contribution in [0.5, 0.6) is 5.75 Å². The van der Waals surface area contributed by atoms with Gasteiger partial charge in [-0.1, -0.05) is 66.7 Å². The van der Waals surface area contributed by atoms with Crippen molar-refractivity contribution in [1.82, 2.24) is 15.5 Å². The second kappa shape index (κ2) is 12.9. The molecule has 7 N–H and O–H groups in total. The predicted molar refractivity (Wildman–Crippen MR) is 149 cm³/mol.